The second kappa shape index (κ2) is 5.43. The van der Waals surface area contributed by atoms with Gasteiger partial charge in [0.1, 0.15) is 0 Å². The van der Waals surface area contributed by atoms with Crippen LogP contribution in [0.5, 0.6) is 11.5 Å². The van der Waals surface area contributed by atoms with E-state index in [1.807, 2.05) is 24.4 Å². The average Bonchev–Trinajstić information content (AvgIpc) is 3.21. The lowest BCUT2D eigenvalue weighted by Gasteiger charge is -2.14. The number of aryl methyl sites for hydroxylation is 1. The van der Waals surface area contributed by atoms with Gasteiger partial charge in [-0.2, -0.15) is 0 Å². The molecule has 0 spiro atoms. The molecule has 1 N–H and O–H groups in total. The Hall–Kier alpha value is -2.25. The lowest BCUT2D eigenvalue weighted by atomic mass is 10.2. The number of benzene rings is 1. The largest absolute Gasteiger partial charge is 0.454 e. The van der Waals surface area contributed by atoms with Gasteiger partial charge in [0.05, 0.1) is 10.6 Å². The Balaban J connectivity index is 1.68. The number of anilines is 1. The van der Waals surface area contributed by atoms with Crippen LogP contribution in [0, 0.1) is 12.3 Å². The van der Waals surface area contributed by atoms with Crippen LogP contribution in [-0.4, -0.2) is 17.9 Å². The molecule has 5 nitrogen and oxygen atoms in total. The summed E-state index contributed by atoms with van der Waals surface area (Å²) in [4.78, 5) is 15.7. The number of amidine groups is 1. The lowest BCUT2D eigenvalue weighted by Crippen LogP contribution is -2.28. The number of hydrogen-bond donors (Lipinski definition) is 1. The maximum atomic E-state index is 12.7. The van der Waals surface area contributed by atoms with Gasteiger partial charge in [-0.15, -0.1) is 11.3 Å². The smallest absolute Gasteiger partial charge is 0.271 e. The minimum atomic E-state index is -0.188. The molecule has 7 heteroatoms. The minimum absolute atomic E-state index is 0.182. The molecule has 0 radical (unpaired) electrons. The fourth-order valence-corrected chi connectivity index (χ4v) is 4.17. The van der Waals surface area contributed by atoms with Crippen LogP contribution in [0.2, 0.25) is 0 Å². The molecular weight excluding hydrogens is 332 g/mol. The molecule has 1 fully saturated rings. The molecule has 4 rings (SSSR count). The highest BCUT2D eigenvalue weighted by atomic mass is 32.2. The van der Waals surface area contributed by atoms with Crippen LogP contribution in [0.25, 0.3) is 6.08 Å². The molecule has 116 valence electrons. The Morgan fingerprint density at radius 2 is 2.09 bits per heavy atom. The second-order valence-corrected chi connectivity index (χ2v) is 7.04. The van der Waals surface area contributed by atoms with Crippen LogP contribution in [0.1, 0.15) is 10.4 Å². The zero-order valence-corrected chi connectivity index (χ0v) is 13.8. The average molecular weight is 344 g/mol. The van der Waals surface area contributed by atoms with E-state index in [-0.39, 0.29) is 17.9 Å². The van der Waals surface area contributed by atoms with Gasteiger partial charge in [-0.25, -0.2) is 0 Å². The van der Waals surface area contributed by atoms with Crippen LogP contribution in [0.4, 0.5) is 5.69 Å². The number of nitrogens with one attached hydrogen (secondary N) is 1. The van der Waals surface area contributed by atoms with Gasteiger partial charge in [0, 0.05) is 10.9 Å². The van der Waals surface area contributed by atoms with Gasteiger partial charge < -0.3 is 9.47 Å². The third-order valence-corrected chi connectivity index (χ3v) is 5.46. The molecule has 3 heterocycles. The number of thiophene rings is 1. The van der Waals surface area contributed by atoms with E-state index in [0.717, 1.165) is 10.4 Å². The van der Waals surface area contributed by atoms with E-state index in [1.54, 1.807) is 29.5 Å². The first kappa shape index (κ1) is 14.3. The molecule has 2 aliphatic rings. The highest BCUT2D eigenvalue weighted by Gasteiger charge is 2.34. The van der Waals surface area contributed by atoms with Crippen molar-refractivity contribution in [2.45, 2.75) is 6.92 Å². The number of fused-ring (bicyclic) bond motifs is 1. The van der Waals surface area contributed by atoms with Crippen molar-refractivity contribution in [2.24, 2.45) is 0 Å². The van der Waals surface area contributed by atoms with E-state index in [4.69, 9.17) is 14.9 Å². The zero-order valence-electron chi connectivity index (χ0n) is 12.2. The molecule has 1 amide bonds. The quantitative estimate of drug-likeness (QED) is 0.841. The van der Waals surface area contributed by atoms with E-state index in [2.05, 4.69) is 0 Å². The molecule has 2 aliphatic heterocycles. The second-order valence-electron chi connectivity index (χ2n) is 5.06. The molecule has 0 bridgehead atoms. The summed E-state index contributed by atoms with van der Waals surface area (Å²) in [6, 6.07) is 7.27. The topological polar surface area (TPSA) is 62.6 Å². The first-order valence-corrected chi connectivity index (χ1v) is 8.59. The number of amides is 1. The van der Waals surface area contributed by atoms with Crippen molar-refractivity contribution in [3.05, 3.63) is 45.0 Å². The summed E-state index contributed by atoms with van der Waals surface area (Å²) >= 11 is 2.76. The molecule has 0 atom stereocenters. The maximum Gasteiger partial charge on any atom is 0.271 e. The van der Waals surface area contributed by atoms with Gasteiger partial charge in [-0.05, 0) is 53.9 Å². The molecule has 0 unspecified atom stereocenters. The number of hydrogen-bond acceptors (Lipinski definition) is 6. The summed E-state index contributed by atoms with van der Waals surface area (Å²) in [6.07, 6.45) is 1.86. The Bertz CT molecular complexity index is 857. The molecule has 0 saturated carbocycles. The van der Waals surface area contributed by atoms with Crippen LogP contribution in [0.3, 0.4) is 0 Å². The fraction of sp³-hybridized carbons (Fsp3) is 0.125. The van der Waals surface area contributed by atoms with Crippen LogP contribution >= 0.6 is 23.1 Å². The standard InChI is InChI=1S/C16H12N2O3S2/c1-9-4-5-22-13(9)7-14-15(19)18(16(17)23-14)10-2-3-11-12(6-10)21-8-20-11/h2-7,17H,8H2,1H3/b14-7+,17-16?. The number of carbonyl (C=O) groups excluding carboxylic acids is 1. The van der Waals surface area contributed by atoms with E-state index in [9.17, 15) is 4.79 Å². The number of rotatable bonds is 2. The molecule has 23 heavy (non-hydrogen) atoms. The number of thioether (sulfide) groups is 1. The maximum absolute atomic E-state index is 12.7. The predicted octanol–water partition coefficient (Wildman–Crippen LogP) is 3.84. The Morgan fingerprint density at radius 3 is 2.87 bits per heavy atom. The van der Waals surface area contributed by atoms with Crippen LogP contribution in [-0.2, 0) is 4.79 Å². The van der Waals surface area contributed by atoms with Gasteiger partial charge in [-0.3, -0.25) is 15.1 Å². The van der Waals surface area contributed by atoms with Crippen molar-refractivity contribution >= 4 is 45.9 Å². The normalized spacial score (nSPS) is 18.3. The number of carbonyl (C=O) groups is 1. The van der Waals surface area contributed by atoms with E-state index < -0.39 is 0 Å². The van der Waals surface area contributed by atoms with Gasteiger partial charge in [-0.1, -0.05) is 0 Å². The number of nitrogens with zero attached hydrogens (tertiary/aromatic N) is 1. The molecule has 2 aromatic rings. The van der Waals surface area contributed by atoms with Crippen molar-refractivity contribution in [1.29, 1.82) is 5.41 Å². The first-order valence-electron chi connectivity index (χ1n) is 6.90. The van der Waals surface area contributed by atoms with Crippen molar-refractivity contribution in [2.75, 3.05) is 11.7 Å². The summed E-state index contributed by atoms with van der Waals surface area (Å²) in [5, 5.41) is 10.3. The van der Waals surface area contributed by atoms with Crippen molar-refractivity contribution in [3.8, 4) is 11.5 Å². The monoisotopic (exact) mass is 344 g/mol. The SMILES string of the molecule is Cc1ccsc1/C=C1/SC(=N)N(c2ccc3c(c2)OCO3)C1=O. The van der Waals surface area contributed by atoms with Crippen molar-refractivity contribution < 1.29 is 14.3 Å². The third kappa shape index (κ3) is 2.42. The summed E-state index contributed by atoms with van der Waals surface area (Å²) in [6.45, 7) is 2.19. The fourth-order valence-electron chi connectivity index (χ4n) is 2.40. The van der Waals surface area contributed by atoms with Crippen LogP contribution in [0.15, 0.2) is 34.6 Å². The van der Waals surface area contributed by atoms with E-state index >= 15 is 0 Å². The molecule has 1 aromatic carbocycles. The summed E-state index contributed by atoms with van der Waals surface area (Å²) in [7, 11) is 0. The Labute approximate surface area is 141 Å². The van der Waals surface area contributed by atoms with Crippen molar-refractivity contribution in [1.82, 2.24) is 0 Å². The molecular formula is C16H12N2O3S2. The Morgan fingerprint density at radius 1 is 1.26 bits per heavy atom. The van der Waals surface area contributed by atoms with Gasteiger partial charge in [0.15, 0.2) is 16.7 Å². The first-order chi connectivity index (χ1) is 11.1. The predicted molar refractivity (Wildman–Crippen MR) is 92.4 cm³/mol. The number of ether oxygens (including phenoxy) is 2. The molecule has 1 saturated heterocycles. The van der Waals surface area contributed by atoms with Gasteiger partial charge >= 0.3 is 0 Å². The van der Waals surface area contributed by atoms with Crippen molar-refractivity contribution in [3.63, 3.8) is 0 Å². The van der Waals surface area contributed by atoms with Gasteiger partial charge in [0.2, 0.25) is 6.79 Å². The summed E-state index contributed by atoms with van der Waals surface area (Å²) < 4.78 is 10.6. The Kier molecular flexibility index (Phi) is 3.39. The third-order valence-electron chi connectivity index (χ3n) is 3.60. The van der Waals surface area contributed by atoms with E-state index in [0.29, 0.717) is 22.1 Å². The highest BCUT2D eigenvalue weighted by molar-refractivity contribution is 8.19. The molecule has 1 aromatic heterocycles. The van der Waals surface area contributed by atoms with E-state index in [1.165, 1.54) is 16.7 Å². The summed E-state index contributed by atoms with van der Waals surface area (Å²) in [5.74, 6) is 1.07. The summed E-state index contributed by atoms with van der Waals surface area (Å²) in [5.41, 5.74) is 1.74. The molecule has 0 aliphatic carbocycles. The minimum Gasteiger partial charge on any atom is -0.454 e. The lowest BCUT2D eigenvalue weighted by molar-refractivity contribution is -0.113. The van der Waals surface area contributed by atoms with Gasteiger partial charge in [0.25, 0.3) is 5.91 Å². The zero-order chi connectivity index (χ0) is 16.0. The van der Waals surface area contributed by atoms with Crippen LogP contribution < -0.4 is 14.4 Å². The highest BCUT2D eigenvalue weighted by Crippen LogP contribution is 2.40.